The zero-order valence-electron chi connectivity index (χ0n) is 8.24. The predicted molar refractivity (Wildman–Crippen MR) is 51.1 cm³/mol. The highest BCUT2D eigenvalue weighted by molar-refractivity contribution is 7.89. The summed E-state index contributed by atoms with van der Waals surface area (Å²) in [6.07, 6.45) is 0. The van der Waals surface area contributed by atoms with Crippen molar-refractivity contribution >= 4 is 21.9 Å². The molecule has 0 radical (unpaired) electrons. The topological polar surface area (TPSA) is 149 Å². The molecule has 10 heteroatoms. The molecule has 0 spiro atoms. The van der Waals surface area contributed by atoms with Gasteiger partial charge in [-0.15, -0.1) is 0 Å². The van der Waals surface area contributed by atoms with Gasteiger partial charge < -0.3 is 15.3 Å². The van der Waals surface area contributed by atoms with E-state index in [-0.39, 0.29) is 0 Å². The Labute approximate surface area is 95.2 Å². The number of nitrogens with two attached hydrogens (primary N) is 1. The van der Waals surface area contributed by atoms with E-state index in [1.165, 1.54) is 0 Å². The van der Waals surface area contributed by atoms with Crippen molar-refractivity contribution in [1.82, 2.24) is 4.89 Å². The van der Waals surface area contributed by atoms with E-state index < -0.39 is 39.4 Å². The van der Waals surface area contributed by atoms with Crippen LogP contribution in [0.1, 0.15) is 10.6 Å². The van der Waals surface area contributed by atoms with Crippen LogP contribution in [-0.4, -0.2) is 32.0 Å². The first kappa shape index (κ1) is 13.2. The normalized spacial score (nSPS) is 11.3. The van der Waals surface area contributed by atoms with E-state index in [0.717, 1.165) is 12.1 Å². The van der Waals surface area contributed by atoms with Crippen molar-refractivity contribution in [3.05, 3.63) is 17.9 Å². The summed E-state index contributed by atoms with van der Waals surface area (Å²) in [7, 11) is -4.18. The van der Waals surface area contributed by atoms with Crippen LogP contribution >= 0.6 is 0 Å². The minimum absolute atomic E-state index is 0.541. The molecular formula is C7H8N2O7S. The highest BCUT2D eigenvalue weighted by Crippen LogP contribution is 2.13. The van der Waals surface area contributed by atoms with Gasteiger partial charge in [0.2, 0.25) is 16.8 Å². The third-order valence-electron chi connectivity index (χ3n) is 1.44. The second-order valence-corrected chi connectivity index (χ2v) is 4.34. The summed E-state index contributed by atoms with van der Waals surface area (Å²) < 4.78 is 27.3. The summed E-state index contributed by atoms with van der Waals surface area (Å²) in [5, 5.41) is 7.86. The number of carbonyl (C=O) groups is 2. The quantitative estimate of drug-likeness (QED) is 0.539. The number of sulfonamides is 1. The summed E-state index contributed by atoms with van der Waals surface area (Å²) in [6.45, 7) is -0.661. The molecule has 9 nitrogen and oxygen atoms in total. The summed E-state index contributed by atoms with van der Waals surface area (Å²) >= 11 is 0. The molecule has 94 valence electrons. The van der Waals surface area contributed by atoms with Gasteiger partial charge in [-0.05, 0) is 12.1 Å². The Morgan fingerprint density at radius 3 is 2.59 bits per heavy atom. The van der Waals surface area contributed by atoms with Crippen LogP contribution in [0.4, 0.5) is 0 Å². The van der Waals surface area contributed by atoms with Gasteiger partial charge in [-0.25, -0.2) is 13.2 Å². The van der Waals surface area contributed by atoms with E-state index in [0.29, 0.717) is 0 Å². The number of nitrogens with one attached hydrogen (secondary N) is 1. The third kappa shape index (κ3) is 3.55. The Balaban J connectivity index is 2.75. The maximum Gasteiger partial charge on any atom is 0.371 e. The van der Waals surface area contributed by atoms with Gasteiger partial charge >= 0.3 is 5.97 Å². The summed E-state index contributed by atoms with van der Waals surface area (Å²) in [5.41, 5.74) is 4.70. The average molecular weight is 264 g/mol. The van der Waals surface area contributed by atoms with E-state index in [4.69, 9.17) is 10.8 Å². The van der Waals surface area contributed by atoms with Crippen molar-refractivity contribution in [2.45, 2.75) is 5.09 Å². The fraction of sp³-hybridized carbons (Fsp3) is 0.143. The van der Waals surface area contributed by atoms with Crippen LogP contribution in [0.25, 0.3) is 0 Å². The van der Waals surface area contributed by atoms with Crippen LogP contribution in [-0.2, 0) is 19.7 Å². The largest absolute Gasteiger partial charge is 0.475 e. The lowest BCUT2D eigenvalue weighted by molar-refractivity contribution is -0.123. The number of furan rings is 1. The molecule has 0 fully saturated rings. The molecule has 1 rings (SSSR count). The van der Waals surface area contributed by atoms with Crippen LogP contribution in [0, 0.1) is 0 Å². The first-order valence-corrected chi connectivity index (χ1v) is 5.56. The Hall–Kier alpha value is -1.91. The Morgan fingerprint density at radius 1 is 1.47 bits per heavy atom. The van der Waals surface area contributed by atoms with Gasteiger partial charge in [0.15, 0.2) is 0 Å². The van der Waals surface area contributed by atoms with Crippen LogP contribution in [0.15, 0.2) is 21.6 Å². The van der Waals surface area contributed by atoms with Crippen LogP contribution in [0.3, 0.4) is 0 Å². The molecule has 0 aliphatic carbocycles. The maximum atomic E-state index is 11.4. The molecule has 4 N–H and O–H groups in total. The van der Waals surface area contributed by atoms with Crippen molar-refractivity contribution in [2.24, 2.45) is 5.73 Å². The fourth-order valence-corrected chi connectivity index (χ4v) is 1.54. The van der Waals surface area contributed by atoms with Crippen molar-refractivity contribution < 1.29 is 32.4 Å². The molecule has 0 atom stereocenters. The highest BCUT2D eigenvalue weighted by Gasteiger charge is 2.21. The lowest BCUT2D eigenvalue weighted by Gasteiger charge is -2.02. The molecule has 1 amide bonds. The van der Waals surface area contributed by atoms with Crippen molar-refractivity contribution in [1.29, 1.82) is 0 Å². The van der Waals surface area contributed by atoms with Gasteiger partial charge in [0.05, 0.1) is 0 Å². The van der Waals surface area contributed by atoms with E-state index in [1.54, 1.807) is 4.89 Å². The molecule has 0 saturated carbocycles. The molecule has 0 bridgehead atoms. The Kier molecular flexibility index (Phi) is 3.83. The average Bonchev–Trinajstić information content (AvgIpc) is 2.65. The van der Waals surface area contributed by atoms with Gasteiger partial charge in [0, 0.05) is 0 Å². The van der Waals surface area contributed by atoms with Gasteiger partial charge in [-0.1, -0.05) is 4.89 Å². The number of rotatable bonds is 6. The maximum absolute atomic E-state index is 11.4. The Bertz CT molecular complexity index is 532. The summed E-state index contributed by atoms with van der Waals surface area (Å²) in [4.78, 5) is 26.5. The SMILES string of the molecule is NC(=O)CONS(=O)(=O)c1ccc(C(=O)O)o1. The monoisotopic (exact) mass is 264 g/mol. The van der Waals surface area contributed by atoms with Gasteiger partial charge in [-0.2, -0.15) is 0 Å². The van der Waals surface area contributed by atoms with E-state index in [9.17, 15) is 18.0 Å². The van der Waals surface area contributed by atoms with Crippen molar-refractivity contribution in [2.75, 3.05) is 6.61 Å². The van der Waals surface area contributed by atoms with E-state index in [1.807, 2.05) is 0 Å². The van der Waals surface area contributed by atoms with Crippen LogP contribution < -0.4 is 10.6 Å². The minimum Gasteiger partial charge on any atom is -0.475 e. The number of aromatic carboxylic acids is 1. The number of carboxylic acids is 1. The molecule has 17 heavy (non-hydrogen) atoms. The van der Waals surface area contributed by atoms with Gasteiger partial charge in [0.1, 0.15) is 6.61 Å². The van der Waals surface area contributed by atoms with Crippen LogP contribution in [0.5, 0.6) is 0 Å². The first-order valence-electron chi connectivity index (χ1n) is 4.08. The van der Waals surface area contributed by atoms with Gasteiger partial charge in [0.25, 0.3) is 10.0 Å². The zero-order valence-corrected chi connectivity index (χ0v) is 9.06. The number of carbonyl (C=O) groups excluding carboxylic acids is 1. The smallest absolute Gasteiger partial charge is 0.371 e. The van der Waals surface area contributed by atoms with Gasteiger partial charge in [-0.3, -0.25) is 9.63 Å². The fourth-order valence-electron chi connectivity index (χ4n) is 0.799. The number of carboxylic acid groups (broad SMARTS) is 1. The van der Waals surface area contributed by atoms with Crippen molar-refractivity contribution in [3.63, 3.8) is 0 Å². The molecule has 0 aliphatic rings. The minimum atomic E-state index is -4.18. The second kappa shape index (κ2) is 4.95. The third-order valence-corrected chi connectivity index (χ3v) is 2.53. The van der Waals surface area contributed by atoms with Crippen LogP contribution in [0.2, 0.25) is 0 Å². The van der Waals surface area contributed by atoms with E-state index in [2.05, 4.69) is 9.25 Å². The lowest BCUT2D eigenvalue weighted by atomic mass is 10.5. The number of hydrogen-bond acceptors (Lipinski definition) is 6. The molecule has 0 unspecified atom stereocenters. The highest BCUT2D eigenvalue weighted by atomic mass is 32.2. The zero-order chi connectivity index (χ0) is 13.1. The number of hydrogen-bond donors (Lipinski definition) is 3. The predicted octanol–water partition coefficient (Wildman–Crippen LogP) is -1.33. The molecular weight excluding hydrogens is 256 g/mol. The standard InChI is InChI=1S/C7H8N2O7S/c8-5(10)3-15-9-17(13,14)6-2-1-4(16-6)7(11)12/h1-2,9H,3H2,(H2,8,10)(H,11,12). The number of primary amides is 1. The van der Waals surface area contributed by atoms with Crippen molar-refractivity contribution in [3.8, 4) is 0 Å². The molecule has 0 aromatic carbocycles. The Morgan fingerprint density at radius 2 is 2.12 bits per heavy atom. The van der Waals surface area contributed by atoms with E-state index >= 15 is 0 Å². The summed E-state index contributed by atoms with van der Waals surface area (Å²) in [5.74, 6) is -2.83. The molecule has 1 heterocycles. The number of amides is 1. The molecule has 0 aliphatic heterocycles. The molecule has 0 saturated heterocycles. The summed E-state index contributed by atoms with van der Waals surface area (Å²) in [6, 6.07) is 1.89. The second-order valence-electron chi connectivity index (χ2n) is 2.77. The molecule has 1 aromatic heterocycles. The lowest BCUT2D eigenvalue weighted by Crippen LogP contribution is -2.29. The first-order chi connectivity index (χ1) is 7.83. The molecule has 1 aromatic rings.